The van der Waals surface area contributed by atoms with Crippen LogP contribution in [0.5, 0.6) is 5.75 Å². The number of hydrogen-bond donors (Lipinski definition) is 0. The van der Waals surface area contributed by atoms with Crippen LogP contribution in [-0.4, -0.2) is 13.4 Å². The minimum Gasteiger partial charge on any atom is -0.496 e. The largest absolute Gasteiger partial charge is 0.496 e. The fourth-order valence-electron chi connectivity index (χ4n) is 4.77. The highest BCUT2D eigenvalue weighted by Crippen LogP contribution is 2.71. The molecule has 0 N–H and O–H groups in total. The molecular formula is C18H24O2. The summed E-state index contributed by atoms with van der Waals surface area (Å²) < 4.78 is 5.56. The van der Waals surface area contributed by atoms with Crippen molar-refractivity contribution in [1.82, 2.24) is 0 Å². The lowest BCUT2D eigenvalue weighted by molar-refractivity contribution is 0.112. The molecule has 0 radical (unpaired) electrons. The van der Waals surface area contributed by atoms with Gasteiger partial charge in [0.1, 0.15) is 12.0 Å². The minimum atomic E-state index is 0.312. The number of aldehydes is 1. The van der Waals surface area contributed by atoms with Crippen molar-refractivity contribution in [2.75, 3.05) is 7.11 Å². The molecular weight excluding hydrogens is 248 g/mol. The Morgan fingerprint density at radius 3 is 2.55 bits per heavy atom. The van der Waals surface area contributed by atoms with E-state index in [-0.39, 0.29) is 0 Å². The molecule has 2 aliphatic rings. The second-order valence-corrected chi connectivity index (χ2v) is 7.28. The number of fused-ring (bicyclic) bond motifs is 2. The van der Waals surface area contributed by atoms with Crippen molar-refractivity contribution in [1.29, 1.82) is 0 Å². The quantitative estimate of drug-likeness (QED) is 0.760. The van der Waals surface area contributed by atoms with Crippen molar-refractivity contribution in [2.45, 2.75) is 46.0 Å². The van der Waals surface area contributed by atoms with Crippen LogP contribution in [0.3, 0.4) is 0 Å². The molecule has 1 aromatic carbocycles. The summed E-state index contributed by atoms with van der Waals surface area (Å²) in [7, 11) is 1.72. The lowest BCUT2D eigenvalue weighted by Gasteiger charge is -2.40. The van der Waals surface area contributed by atoms with Crippen LogP contribution in [-0.2, 0) is 0 Å². The van der Waals surface area contributed by atoms with E-state index in [1.54, 1.807) is 7.11 Å². The molecule has 3 rings (SSSR count). The minimum absolute atomic E-state index is 0.312. The molecule has 1 aromatic rings. The highest BCUT2D eigenvalue weighted by atomic mass is 16.5. The van der Waals surface area contributed by atoms with E-state index in [1.165, 1.54) is 24.8 Å². The highest BCUT2D eigenvalue weighted by Gasteiger charge is 2.61. The first-order chi connectivity index (χ1) is 9.44. The van der Waals surface area contributed by atoms with E-state index in [4.69, 9.17) is 4.74 Å². The monoisotopic (exact) mass is 272 g/mol. The molecule has 0 heterocycles. The molecule has 0 saturated heterocycles. The lowest BCUT2D eigenvalue weighted by Crippen LogP contribution is -2.31. The van der Waals surface area contributed by atoms with E-state index in [2.05, 4.69) is 20.8 Å². The van der Waals surface area contributed by atoms with E-state index in [9.17, 15) is 4.79 Å². The van der Waals surface area contributed by atoms with Crippen molar-refractivity contribution >= 4 is 6.29 Å². The number of methoxy groups -OCH3 is 1. The summed E-state index contributed by atoms with van der Waals surface area (Å²) in [5.74, 6) is 2.23. The van der Waals surface area contributed by atoms with Gasteiger partial charge in [-0.15, -0.1) is 0 Å². The molecule has 2 heteroatoms. The molecule has 2 aliphatic carbocycles. The number of carbonyl (C=O) groups excluding carboxylic acids is 1. The summed E-state index contributed by atoms with van der Waals surface area (Å²) in [6, 6.07) is 5.83. The van der Waals surface area contributed by atoms with E-state index in [1.807, 2.05) is 18.2 Å². The van der Waals surface area contributed by atoms with Gasteiger partial charge in [0.05, 0.1) is 7.11 Å². The normalized spacial score (nSPS) is 34.2. The SMILES string of the molecule is COc1ccc(C=O)cc1C1CC2CCC1(C)C2(C)C. The average molecular weight is 272 g/mol. The molecule has 0 spiro atoms. The second kappa shape index (κ2) is 4.34. The van der Waals surface area contributed by atoms with Gasteiger partial charge >= 0.3 is 0 Å². The van der Waals surface area contributed by atoms with Gasteiger partial charge < -0.3 is 4.74 Å². The zero-order chi connectivity index (χ0) is 14.5. The van der Waals surface area contributed by atoms with Gasteiger partial charge in [-0.3, -0.25) is 4.79 Å². The first-order valence-electron chi connectivity index (χ1n) is 7.57. The molecule has 0 aromatic heterocycles. The Kier molecular flexibility index (Phi) is 2.97. The number of hydrogen-bond acceptors (Lipinski definition) is 2. The zero-order valence-electron chi connectivity index (χ0n) is 12.9. The van der Waals surface area contributed by atoms with E-state index in [0.717, 1.165) is 23.5 Å². The third-order valence-electron chi connectivity index (χ3n) is 6.56. The maximum Gasteiger partial charge on any atom is 0.150 e. The average Bonchev–Trinajstić information content (AvgIpc) is 2.79. The third kappa shape index (κ3) is 1.60. The molecule has 3 unspecified atom stereocenters. The molecule has 0 amide bonds. The predicted molar refractivity (Wildman–Crippen MR) is 80.4 cm³/mol. The first-order valence-corrected chi connectivity index (χ1v) is 7.57. The fraction of sp³-hybridized carbons (Fsp3) is 0.611. The summed E-state index contributed by atoms with van der Waals surface area (Å²) >= 11 is 0. The maximum absolute atomic E-state index is 11.1. The zero-order valence-corrected chi connectivity index (χ0v) is 12.9. The van der Waals surface area contributed by atoms with Gasteiger partial charge in [0, 0.05) is 5.56 Å². The van der Waals surface area contributed by atoms with E-state index < -0.39 is 0 Å². The van der Waals surface area contributed by atoms with E-state index in [0.29, 0.717) is 16.7 Å². The Hall–Kier alpha value is -1.31. The molecule has 0 aliphatic heterocycles. The molecule has 2 fully saturated rings. The van der Waals surface area contributed by atoms with Crippen LogP contribution in [0.4, 0.5) is 0 Å². The van der Waals surface area contributed by atoms with Crippen molar-refractivity contribution < 1.29 is 9.53 Å². The lowest BCUT2D eigenvalue weighted by atomic mass is 9.65. The Labute approximate surface area is 121 Å². The molecule has 2 bridgehead atoms. The number of rotatable bonds is 3. The van der Waals surface area contributed by atoms with Crippen molar-refractivity contribution in [2.24, 2.45) is 16.7 Å². The number of carbonyl (C=O) groups is 1. The molecule has 20 heavy (non-hydrogen) atoms. The van der Waals surface area contributed by atoms with Gasteiger partial charge in [0.25, 0.3) is 0 Å². The Morgan fingerprint density at radius 1 is 1.30 bits per heavy atom. The van der Waals surface area contributed by atoms with Crippen LogP contribution in [0.1, 0.15) is 61.9 Å². The number of ether oxygens (including phenoxy) is 1. The Balaban J connectivity index is 2.09. The van der Waals surface area contributed by atoms with Crippen LogP contribution >= 0.6 is 0 Å². The van der Waals surface area contributed by atoms with Crippen LogP contribution in [0, 0.1) is 16.7 Å². The van der Waals surface area contributed by atoms with Crippen molar-refractivity contribution in [3.8, 4) is 5.75 Å². The van der Waals surface area contributed by atoms with Gasteiger partial charge in [0.2, 0.25) is 0 Å². The topological polar surface area (TPSA) is 26.3 Å². The van der Waals surface area contributed by atoms with E-state index >= 15 is 0 Å². The fourth-order valence-corrected chi connectivity index (χ4v) is 4.77. The summed E-state index contributed by atoms with van der Waals surface area (Å²) in [5, 5.41) is 0. The maximum atomic E-state index is 11.1. The summed E-state index contributed by atoms with van der Waals surface area (Å²) in [6.45, 7) is 7.26. The Bertz CT molecular complexity index is 546. The molecule has 2 saturated carbocycles. The van der Waals surface area contributed by atoms with Gasteiger partial charge in [0.15, 0.2) is 0 Å². The second-order valence-electron chi connectivity index (χ2n) is 7.28. The summed E-state index contributed by atoms with van der Waals surface area (Å²) in [6.07, 6.45) is 4.78. The predicted octanol–water partition coefficient (Wildman–Crippen LogP) is 4.44. The molecule has 2 nitrogen and oxygen atoms in total. The highest BCUT2D eigenvalue weighted by molar-refractivity contribution is 5.75. The number of benzene rings is 1. The van der Waals surface area contributed by atoms with Crippen LogP contribution < -0.4 is 4.74 Å². The first kappa shape index (κ1) is 13.7. The van der Waals surface area contributed by atoms with Crippen LogP contribution in [0.25, 0.3) is 0 Å². The molecule has 3 atom stereocenters. The standard InChI is InChI=1S/C18H24O2/c1-17(2)13-7-8-18(17,3)15(10-13)14-9-12(11-19)5-6-16(14)20-4/h5-6,9,11,13,15H,7-8,10H2,1-4H3. The van der Waals surface area contributed by atoms with Crippen molar-refractivity contribution in [3.63, 3.8) is 0 Å². The van der Waals surface area contributed by atoms with Crippen LogP contribution in [0.2, 0.25) is 0 Å². The van der Waals surface area contributed by atoms with Gasteiger partial charge in [-0.1, -0.05) is 20.8 Å². The smallest absolute Gasteiger partial charge is 0.150 e. The van der Waals surface area contributed by atoms with Gasteiger partial charge in [-0.05, 0) is 65.7 Å². The van der Waals surface area contributed by atoms with Gasteiger partial charge in [-0.25, -0.2) is 0 Å². The molecule has 108 valence electrons. The Morgan fingerprint density at radius 2 is 2.05 bits per heavy atom. The van der Waals surface area contributed by atoms with Crippen LogP contribution in [0.15, 0.2) is 18.2 Å². The third-order valence-corrected chi connectivity index (χ3v) is 6.56. The summed E-state index contributed by atoms with van der Waals surface area (Å²) in [5.41, 5.74) is 2.67. The summed E-state index contributed by atoms with van der Waals surface area (Å²) in [4.78, 5) is 11.1. The van der Waals surface area contributed by atoms with Gasteiger partial charge in [-0.2, -0.15) is 0 Å². The van der Waals surface area contributed by atoms with Crippen molar-refractivity contribution in [3.05, 3.63) is 29.3 Å².